The third-order valence-electron chi connectivity index (χ3n) is 3.37. The molecule has 0 fully saturated rings. The Morgan fingerprint density at radius 2 is 2.15 bits per heavy atom. The minimum Gasteiger partial charge on any atom is -0.490 e. The summed E-state index contributed by atoms with van der Waals surface area (Å²) in [6, 6.07) is 5.53. The van der Waals surface area contributed by atoms with Crippen LogP contribution in [0.2, 0.25) is 0 Å². The zero-order valence-corrected chi connectivity index (χ0v) is 11.8. The molecule has 1 aromatic carbocycles. The Bertz CT molecular complexity index is 558. The fraction of sp³-hybridized carbons (Fsp3) is 0.375. The van der Waals surface area contributed by atoms with Crippen LogP contribution < -0.4 is 4.74 Å². The van der Waals surface area contributed by atoms with Crippen LogP contribution >= 0.6 is 0 Å². The van der Waals surface area contributed by atoms with Gasteiger partial charge in [-0.05, 0) is 49.6 Å². The number of fused-ring (bicyclic) bond motifs is 1. The quantitative estimate of drug-likeness (QED) is 0.625. The first-order chi connectivity index (χ1) is 9.61. The predicted molar refractivity (Wildman–Crippen MR) is 75.0 cm³/mol. The molecule has 20 heavy (non-hydrogen) atoms. The number of benzene rings is 1. The number of methoxy groups -OCH3 is 1. The van der Waals surface area contributed by atoms with E-state index in [1.54, 1.807) is 19.1 Å². The molecule has 0 N–H and O–H groups in total. The first-order valence-electron chi connectivity index (χ1n) is 6.66. The molecule has 1 aromatic rings. The molecule has 0 unspecified atom stereocenters. The normalized spacial score (nSPS) is 14.7. The minimum atomic E-state index is -0.357. The molecular formula is C16H18O4. The Kier molecular flexibility index (Phi) is 4.56. The van der Waals surface area contributed by atoms with E-state index in [0.29, 0.717) is 24.4 Å². The van der Waals surface area contributed by atoms with Crippen LogP contribution in [-0.4, -0.2) is 25.5 Å². The second-order valence-corrected chi connectivity index (χ2v) is 4.79. The predicted octanol–water partition coefficient (Wildman–Crippen LogP) is 2.70. The number of Topliss-reactive ketones (excluding diaryl/α,β-unsaturated/α-hetero) is 1. The van der Waals surface area contributed by atoms with Gasteiger partial charge in [0.1, 0.15) is 12.4 Å². The number of ether oxygens (including phenoxy) is 2. The number of carbonyl (C=O) groups excluding carboxylic acids is 2. The lowest BCUT2D eigenvalue weighted by Gasteiger charge is -2.15. The van der Waals surface area contributed by atoms with Crippen LogP contribution in [0.3, 0.4) is 0 Å². The van der Waals surface area contributed by atoms with Gasteiger partial charge < -0.3 is 9.47 Å². The highest BCUT2D eigenvalue weighted by molar-refractivity contribution is 5.98. The number of rotatable bonds is 4. The van der Waals surface area contributed by atoms with Gasteiger partial charge in [-0.1, -0.05) is 0 Å². The number of carbonyl (C=O) groups is 2. The highest BCUT2D eigenvalue weighted by atomic mass is 16.5. The molecule has 106 valence electrons. The number of hydrogen-bond donors (Lipinski definition) is 0. The molecule has 1 aliphatic rings. The highest BCUT2D eigenvalue weighted by Gasteiger charge is 2.17. The summed E-state index contributed by atoms with van der Waals surface area (Å²) in [5.41, 5.74) is 2.37. The molecule has 0 amide bonds. The van der Waals surface area contributed by atoms with Crippen LogP contribution in [0, 0.1) is 0 Å². The van der Waals surface area contributed by atoms with Crippen molar-refractivity contribution in [1.29, 1.82) is 0 Å². The molecule has 0 heterocycles. The first-order valence-corrected chi connectivity index (χ1v) is 6.66. The molecule has 0 aromatic heterocycles. The smallest absolute Gasteiger partial charge is 0.333 e. The standard InChI is InChI=1S/C16H18O4/c1-11(16(18)19-2)8-9-20-13-6-7-14-12(10-13)4-3-5-15(14)17/h6-8,10H,3-5,9H2,1-2H3. The van der Waals surface area contributed by atoms with Crippen LogP contribution in [0.25, 0.3) is 0 Å². The van der Waals surface area contributed by atoms with Crippen molar-refractivity contribution >= 4 is 11.8 Å². The molecule has 0 radical (unpaired) electrons. The maximum atomic E-state index is 11.7. The van der Waals surface area contributed by atoms with Crippen LogP contribution in [0.5, 0.6) is 5.75 Å². The van der Waals surface area contributed by atoms with Gasteiger partial charge >= 0.3 is 5.97 Å². The lowest BCUT2D eigenvalue weighted by Crippen LogP contribution is -2.10. The number of ketones is 1. The summed E-state index contributed by atoms with van der Waals surface area (Å²) < 4.78 is 10.2. The first kappa shape index (κ1) is 14.3. The van der Waals surface area contributed by atoms with Crippen LogP contribution in [0.15, 0.2) is 29.8 Å². The molecular weight excluding hydrogens is 256 g/mol. The zero-order valence-electron chi connectivity index (χ0n) is 11.8. The van der Waals surface area contributed by atoms with E-state index in [2.05, 4.69) is 4.74 Å². The van der Waals surface area contributed by atoms with E-state index >= 15 is 0 Å². The molecule has 4 heteroatoms. The minimum absolute atomic E-state index is 0.208. The Morgan fingerprint density at radius 1 is 1.35 bits per heavy atom. The largest absolute Gasteiger partial charge is 0.490 e. The van der Waals surface area contributed by atoms with E-state index in [4.69, 9.17) is 4.74 Å². The molecule has 0 aliphatic heterocycles. The summed E-state index contributed by atoms with van der Waals surface area (Å²) in [5.74, 6) is 0.566. The monoisotopic (exact) mass is 274 g/mol. The van der Waals surface area contributed by atoms with Gasteiger partial charge in [-0.25, -0.2) is 4.79 Å². The molecule has 4 nitrogen and oxygen atoms in total. The van der Waals surface area contributed by atoms with Crippen molar-refractivity contribution in [2.45, 2.75) is 26.2 Å². The van der Waals surface area contributed by atoms with Crippen molar-refractivity contribution in [2.24, 2.45) is 0 Å². The average molecular weight is 274 g/mol. The van der Waals surface area contributed by atoms with E-state index in [1.807, 2.05) is 12.1 Å². The third kappa shape index (κ3) is 3.26. The van der Waals surface area contributed by atoms with E-state index < -0.39 is 0 Å². The van der Waals surface area contributed by atoms with Gasteiger partial charge in [0.15, 0.2) is 5.78 Å². The van der Waals surface area contributed by atoms with Crippen LogP contribution in [0.4, 0.5) is 0 Å². The molecule has 0 atom stereocenters. The summed E-state index contributed by atoms with van der Waals surface area (Å²) in [6.45, 7) is 1.98. The van der Waals surface area contributed by atoms with Crippen molar-refractivity contribution in [3.05, 3.63) is 41.0 Å². The average Bonchev–Trinajstić information content (AvgIpc) is 2.46. The molecule has 2 rings (SSSR count). The highest BCUT2D eigenvalue weighted by Crippen LogP contribution is 2.25. The van der Waals surface area contributed by atoms with Gasteiger partial charge in [-0.2, -0.15) is 0 Å². The fourth-order valence-electron chi connectivity index (χ4n) is 2.22. The Morgan fingerprint density at radius 3 is 2.90 bits per heavy atom. The Labute approximate surface area is 118 Å². The van der Waals surface area contributed by atoms with E-state index in [9.17, 15) is 9.59 Å². The summed E-state index contributed by atoms with van der Waals surface area (Å²) in [6.07, 6.45) is 4.12. The van der Waals surface area contributed by atoms with Crippen molar-refractivity contribution in [2.75, 3.05) is 13.7 Å². The fourth-order valence-corrected chi connectivity index (χ4v) is 2.22. The zero-order chi connectivity index (χ0) is 14.5. The van der Waals surface area contributed by atoms with E-state index in [-0.39, 0.29) is 11.8 Å². The van der Waals surface area contributed by atoms with Crippen LogP contribution in [0.1, 0.15) is 35.7 Å². The molecule has 1 aliphatic carbocycles. The maximum absolute atomic E-state index is 11.7. The lowest BCUT2D eigenvalue weighted by molar-refractivity contribution is -0.136. The summed E-state index contributed by atoms with van der Waals surface area (Å²) in [7, 11) is 1.35. The third-order valence-corrected chi connectivity index (χ3v) is 3.37. The van der Waals surface area contributed by atoms with Gasteiger partial charge in [0, 0.05) is 17.6 Å². The number of esters is 1. The second-order valence-electron chi connectivity index (χ2n) is 4.79. The van der Waals surface area contributed by atoms with Crippen LogP contribution in [-0.2, 0) is 16.0 Å². The second kappa shape index (κ2) is 6.37. The van der Waals surface area contributed by atoms with Crippen molar-refractivity contribution in [1.82, 2.24) is 0 Å². The maximum Gasteiger partial charge on any atom is 0.333 e. The lowest BCUT2D eigenvalue weighted by atomic mass is 9.91. The Hall–Kier alpha value is -2.10. The van der Waals surface area contributed by atoms with Crippen molar-refractivity contribution < 1.29 is 19.1 Å². The Balaban J connectivity index is 2.01. The van der Waals surface area contributed by atoms with Crippen molar-refractivity contribution in [3.63, 3.8) is 0 Å². The van der Waals surface area contributed by atoms with E-state index in [1.165, 1.54) is 7.11 Å². The van der Waals surface area contributed by atoms with Gasteiger partial charge in [0.25, 0.3) is 0 Å². The molecule has 0 spiro atoms. The summed E-state index contributed by atoms with van der Waals surface area (Å²) in [5, 5.41) is 0. The molecule has 0 bridgehead atoms. The summed E-state index contributed by atoms with van der Waals surface area (Å²) in [4.78, 5) is 22.9. The molecule has 0 saturated heterocycles. The van der Waals surface area contributed by atoms with Gasteiger partial charge in [0.05, 0.1) is 7.11 Å². The number of aryl methyl sites for hydroxylation is 1. The van der Waals surface area contributed by atoms with Gasteiger partial charge in [-0.3, -0.25) is 4.79 Å². The number of hydrogen-bond acceptors (Lipinski definition) is 4. The van der Waals surface area contributed by atoms with Gasteiger partial charge in [0.2, 0.25) is 0 Å². The van der Waals surface area contributed by atoms with E-state index in [0.717, 1.165) is 24.0 Å². The summed E-state index contributed by atoms with van der Waals surface area (Å²) >= 11 is 0. The SMILES string of the molecule is COC(=O)C(C)=CCOc1ccc2c(c1)CCCC2=O. The van der Waals surface area contributed by atoms with Gasteiger partial charge in [-0.15, -0.1) is 0 Å². The van der Waals surface area contributed by atoms with Crippen molar-refractivity contribution in [3.8, 4) is 5.75 Å². The topological polar surface area (TPSA) is 52.6 Å². The molecule has 0 saturated carbocycles.